The van der Waals surface area contributed by atoms with Crippen LogP contribution in [-0.4, -0.2) is 28.5 Å². The largest absolute Gasteiger partial charge is 0.374 e. The van der Waals surface area contributed by atoms with E-state index in [2.05, 4.69) is 65.0 Å². The molecule has 0 bridgehead atoms. The first-order valence-corrected chi connectivity index (χ1v) is 8.84. The molecule has 0 fully saturated rings. The molecular formula is C18H22N4S. The van der Waals surface area contributed by atoms with Crippen molar-refractivity contribution in [2.24, 2.45) is 5.92 Å². The highest BCUT2D eigenvalue weighted by molar-refractivity contribution is 7.98. The smallest absolute Gasteiger partial charge is 0.178 e. The number of pyridine rings is 1. The van der Waals surface area contributed by atoms with Gasteiger partial charge in [0.1, 0.15) is 0 Å². The quantitative estimate of drug-likeness (QED) is 0.684. The van der Waals surface area contributed by atoms with Crippen molar-refractivity contribution in [2.45, 2.75) is 24.8 Å². The molecule has 0 unspecified atom stereocenters. The number of fused-ring (bicyclic) bond motifs is 1. The molecule has 0 radical (unpaired) electrons. The SMILES string of the molecule is CC(C)CN(C)c1ccccc1CSc1nc2ncccc2[nH]1. The van der Waals surface area contributed by atoms with Crippen LogP contribution in [0.25, 0.3) is 11.2 Å². The first-order chi connectivity index (χ1) is 11.1. The number of rotatable bonds is 6. The number of para-hydroxylation sites is 1. The van der Waals surface area contributed by atoms with E-state index in [0.29, 0.717) is 5.92 Å². The molecule has 5 heteroatoms. The van der Waals surface area contributed by atoms with Gasteiger partial charge in [-0.05, 0) is 29.7 Å². The lowest BCUT2D eigenvalue weighted by molar-refractivity contribution is 0.637. The zero-order chi connectivity index (χ0) is 16.2. The van der Waals surface area contributed by atoms with Crippen molar-refractivity contribution in [3.8, 4) is 0 Å². The molecule has 0 saturated carbocycles. The monoisotopic (exact) mass is 326 g/mol. The second kappa shape index (κ2) is 7.04. The zero-order valence-electron chi connectivity index (χ0n) is 13.8. The number of nitrogens with one attached hydrogen (secondary N) is 1. The molecule has 3 rings (SSSR count). The second-order valence-electron chi connectivity index (χ2n) is 6.11. The predicted octanol–water partition coefficient (Wildman–Crippen LogP) is 4.34. The lowest BCUT2D eigenvalue weighted by Gasteiger charge is -2.24. The van der Waals surface area contributed by atoms with Crippen LogP contribution in [0.1, 0.15) is 19.4 Å². The third kappa shape index (κ3) is 3.85. The molecule has 0 saturated heterocycles. The number of benzene rings is 1. The highest BCUT2D eigenvalue weighted by Gasteiger charge is 2.10. The molecular weight excluding hydrogens is 304 g/mol. The van der Waals surface area contributed by atoms with Gasteiger partial charge in [-0.3, -0.25) is 0 Å². The Balaban J connectivity index is 1.75. The molecule has 0 aliphatic heterocycles. The summed E-state index contributed by atoms with van der Waals surface area (Å²) in [5.74, 6) is 1.53. The van der Waals surface area contributed by atoms with Gasteiger partial charge in [-0.25, -0.2) is 9.97 Å². The summed E-state index contributed by atoms with van der Waals surface area (Å²) in [4.78, 5) is 14.5. The van der Waals surface area contributed by atoms with Gasteiger partial charge in [0.05, 0.1) is 5.52 Å². The maximum Gasteiger partial charge on any atom is 0.178 e. The zero-order valence-corrected chi connectivity index (χ0v) is 14.6. The summed E-state index contributed by atoms with van der Waals surface area (Å²) in [7, 11) is 2.16. The number of aromatic nitrogens is 3. The van der Waals surface area contributed by atoms with Crippen molar-refractivity contribution < 1.29 is 0 Å². The Morgan fingerprint density at radius 3 is 2.78 bits per heavy atom. The van der Waals surface area contributed by atoms with E-state index in [-0.39, 0.29) is 0 Å². The Bertz CT molecular complexity index is 748. The number of hydrogen-bond acceptors (Lipinski definition) is 4. The van der Waals surface area contributed by atoms with Crippen molar-refractivity contribution in [1.29, 1.82) is 0 Å². The number of nitrogens with zero attached hydrogens (tertiary/aromatic N) is 3. The molecule has 3 aromatic rings. The molecule has 1 aromatic carbocycles. The fourth-order valence-corrected chi connectivity index (χ4v) is 3.56. The summed E-state index contributed by atoms with van der Waals surface area (Å²) in [6.45, 7) is 5.54. The van der Waals surface area contributed by atoms with Crippen LogP contribution >= 0.6 is 11.8 Å². The Morgan fingerprint density at radius 1 is 1.17 bits per heavy atom. The number of anilines is 1. The van der Waals surface area contributed by atoms with E-state index >= 15 is 0 Å². The third-order valence-electron chi connectivity index (χ3n) is 3.64. The van der Waals surface area contributed by atoms with Crippen LogP contribution in [0.2, 0.25) is 0 Å². The second-order valence-corrected chi connectivity index (χ2v) is 7.07. The lowest BCUT2D eigenvalue weighted by atomic mass is 10.1. The van der Waals surface area contributed by atoms with Crippen molar-refractivity contribution in [2.75, 3.05) is 18.5 Å². The molecule has 1 N–H and O–H groups in total. The topological polar surface area (TPSA) is 44.8 Å². The fraction of sp³-hybridized carbons (Fsp3) is 0.333. The predicted molar refractivity (Wildman–Crippen MR) is 98.0 cm³/mol. The van der Waals surface area contributed by atoms with Crippen LogP contribution in [-0.2, 0) is 5.75 Å². The van der Waals surface area contributed by atoms with Gasteiger partial charge < -0.3 is 9.88 Å². The molecule has 2 heterocycles. The molecule has 0 aliphatic carbocycles. The molecule has 23 heavy (non-hydrogen) atoms. The minimum atomic E-state index is 0.641. The van der Waals surface area contributed by atoms with E-state index in [0.717, 1.165) is 28.6 Å². The van der Waals surface area contributed by atoms with Crippen molar-refractivity contribution in [1.82, 2.24) is 15.0 Å². The molecule has 120 valence electrons. The number of hydrogen-bond donors (Lipinski definition) is 1. The number of imidazole rings is 1. The van der Waals surface area contributed by atoms with E-state index in [9.17, 15) is 0 Å². The average molecular weight is 326 g/mol. The summed E-state index contributed by atoms with van der Waals surface area (Å²) >= 11 is 1.72. The summed E-state index contributed by atoms with van der Waals surface area (Å²) in [6.07, 6.45) is 1.77. The van der Waals surface area contributed by atoms with Gasteiger partial charge in [-0.1, -0.05) is 43.8 Å². The Morgan fingerprint density at radius 2 is 2.00 bits per heavy atom. The summed E-state index contributed by atoms with van der Waals surface area (Å²) in [5.41, 5.74) is 4.39. The van der Waals surface area contributed by atoms with E-state index in [1.54, 1.807) is 18.0 Å². The van der Waals surface area contributed by atoms with E-state index < -0.39 is 0 Å². The summed E-state index contributed by atoms with van der Waals surface area (Å²) < 4.78 is 0. The van der Waals surface area contributed by atoms with Gasteiger partial charge >= 0.3 is 0 Å². The van der Waals surface area contributed by atoms with Crippen LogP contribution in [0.15, 0.2) is 47.8 Å². The van der Waals surface area contributed by atoms with Crippen LogP contribution < -0.4 is 4.90 Å². The van der Waals surface area contributed by atoms with Gasteiger partial charge in [0, 0.05) is 31.2 Å². The molecule has 0 amide bonds. The number of aromatic amines is 1. The van der Waals surface area contributed by atoms with Gasteiger partial charge in [0.15, 0.2) is 10.8 Å². The Labute approximate surface area is 141 Å². The molecule has 0 atom stereocenters. The van der Waals surface area contributed by atoms with E-state index in [1.165, 1.54) is 11.3 Å². The normalized spacial score (nSPS) is 11.3. The maximum absolute atomic E-state index is 4.53. The van der Waals surface area contributed by atoms with Crippen LogP contribution in [0.3, 0.4) is 0 Å². The number of thioether (sulfide) groups is 1. The highest BCUT2D eigenvalue weighted by atomic mass is 32.2. The first kappa shape index (κ1) is 15.9. The van der Waals surface area contributed by atoms with Crippen LogP contribution in [0, 0.1) is 5.92 Å². The first-order valence-electron chi connectivity index (χ1n) is 7.86. The summed E-state index contributed by atoms with van der Waals surface area (Å²) in [5, 5.41) is 0.917. The Kier molecular flexibility index (Phi) is 4.86. The lowest BCUT2D eigenvalue weighted by Crippen LogP contribution is -2.23. The van der Waals surface area contributed by atoms with Crippen LogP contribution in [0.4, 0.5) is 5.69 Å². The van der Waals surface area contributed by atoms with Crippen molar-refractivity contribution in [3.05, 3.63) is 48.2 Å². The third-order valence-corrected chi connectivity index (χ3v) is 4.56. The van der Waals surface area contributed by atoms with Crippen molar-refractivity contribution in [3.63, 3.8) is 0 Å². The Hall–Kier alpha value is -2.01. The average Bonchev–Trinajstić information content (AvgIpc) is 2.95. The van der Waals surface area contributed by atoms with Gasteiger partial charge in [-0.15, -0.1) is 0 Å². The van der Waals surface area contributed by atoms with E-state index in [1.807, 2.05) is 12.1 Å². The number of H-pyrrole nitrogens is 1. The van der Waals surface area contributed by atoms with Gasteiger partial charge in [-0.2, -0.15) is 0 Å². The van der Waals surface area contributed by atoms with Crippen molar-refractivity contribution >= 4 is 28.6 Å². The molecule has 0 aliphatic rings. The fourth-order valence-electron chi connectivity index (χ4n) is 2.69. The van der Waals surface area contributed by atoms with Crippen LogP contribution in [0.5, 0.6) is 0 Å². The molecule has 0 spiro atoms. The van der Waals surface area contributed by atoms with Gasteiger partial charge in [0.25, 0.3) is 0 Å². The standard InChI is InChI=1S/C18H22N4S/c1-13(2)11-22(3)16-9-5-4-7-14(16)12-23-18-20-15-8-6-10-19-17(15)21-18/h4-10,13H,11-12H2,1-3H3,(H,19,20,21). The highest BCUT2D eigenvalue weighted by Crippen LogP contribution is 2.28. The molecule has 4 nitrogen and oxygen atoms in total. The maximum atomic E-state index is 4.53. The minimum absolute atomic E-state index is 0.641. The summed E-state index contributed by atoms with van der Waals surface area (Å²) in [6, 6.07) is 12.5. The molecule has 2 aromatic heterocycles. The van der Waals surface area contributed by atoms with E-state index in [4.69, 9.17) is 0 Å². The minimum Gasteiger partial charge on any atom is -0.374 e. The van der Waals surface area contributed by atoms with Gasteiger partial charge in [0.2, 0.25) is 0 Å².